The second-order valence-electron chi connectivity index (χ2n) is 3.82. The van der Waals surface area contributed by atoms with Crippen LogP contribution >= 0.6 is 34.8 Å². The zero-order chi connectivity index (χ0) is 14.9. The third kappa shape index (κ3) is 3.03. The van der Waals surface area contributed by atoms with Gasteiger partial charge >= 0.3 is 0 Å². The van der Waals surface area contributed by atoms with Crippen molar-refractivity contribution in [3.05, 3.63) is 45.2 Å². The normalized spacial score (nSPS) is 10.4. The molecule has 0 bridgehead atoms. The van der Waals surface area contributed by atoms with Gasteiger partial charge in [-0.15, -0.1) is 0 Å². The molecule has 0 aliphatic carbocycles. The number of nitrogen functional groups attached to an aromatic ring is 1. The number of halogens is 4. The largest absolute Gasteiger partial charge is 0.494 e. The van der Waals surface area contributed by atoms with Crippen LogP contribution in [0.25, 0.3) is 0 Å². The van der Waals surface area contributed by atoms with Gasteiger partial charge in [0.2, 0.25) is 0 Å². The highest BCUT2D eigenvalue weighted by Crippen LogP contribution is 2.39. The lowest BCUT2D eigenvalue weighted by atomic mass is 10.2. The molecule has 0 saturated heterocycles. The number of hydrogen-bond donors (Lipinski definition) is 1. The van der Waals surface area contributed by atoms with Crippen molar-refractivity contribution in [3.63, 3.8) is 0 Å². The van der Waals surface area contributed by atoms with Gasteiger partial charge in [0.05, 0.1) is 27.9 Å². The van der Waals surface area contributed by atoms with Gasteiger partial charge in [0.1, 0.15) is 5.75 Å². The van der Waals surface area contributed by atoms with Crippen LogP contribution in [0.3, 0.4) is 0 Å². The van der Waals surface area contributed by atoms with Crippen LogP contribution in [-0.2, 0) is 0 Å². The molecule has 7 heteroatoms. The molecule has 0 aliphatic rings. The maximum absolute atomic E-state index is 13.4. The molecular formula is C13H9Cl3FNO2. The van der Waals surface area contributed by atoms with Crippen molar-refractivity contribution in [2.45, 2.75) is 0 Å². The van der Waals surface area contributed by atoms with Gasteiger partial charge in [-0.2, -0.15) is 0 Å². The monoisotopic (exact) mass is 335 g/mol. The van der Waals surface area contributed by atoms with Crippen molar-refractivity contribution in [3.8, 4) is 17.2 Å². The van der Waals surface area contributed by atoms with Crippen LogP contribution < -0.4 is 15.2 Å². The molecule has 2 N–H and O–H groups in total. The third-order valence-electron chi connectivity index (χ3n) is 2.48. The lowest BCUT2D eigenvalue weighted by Gasteiger charge is -2.12. The van der Waals surface area contributed by atoms with Crippen LogP contribution in [-0.4, -0.2) is 7.11 Å². The molecule has 0 atom stereocenters. The number of nitrogens with two attached hydrogens (primary N) is 1. The zero-order valence-electron chi connectivity index (χ0n) is 10.2. The summed E-state index contributed by atoms with van der Waals surface area (Å²) in [4.78, 5) is 0. The van der Waals surface area contributed by atoms with Crippen LogP contribution in [0.2, 0.25) is 15.1 Å². The van der Waals surface area contributed by atoms with Gasteiger partial charge in [0.25, 0.3) is 0 Å². The van der Waals surface area contributed by atoms with Crippen LogP contribution in [0, 0.1) is 5.82 Å². The Labute approximate surface area is 129 Å². The predicted molar refractivity (Wildman–Crippen MR) is 78.9 cm³/mol. The number of ether oxygens (including phenoxy) is 2. The fraction of sp³-hybridized carbons (Fsp3) is 0.0769. The first-order valence-electron chi connectivity index (χ1n) is 5.37. The molecule has 2 aromatic carbocycles. The van der Waals surface area contributed by atoms with Gasteiger partial charge in [-0.1, -0.05) is 34.8 Å². The second-order valence-corrected chi connectivity index (χ2v) is 5.04. The van der Waals surface area contributed by atoms with E-state index in [1.807, 2.05) is 0 Å². The van der Waals surface area contributed by atoms with E-state index in [0.29, 0.717) is 5.02 Å². The summed E-state index contributed by atoms with van der Waals surface area (Å²) in [5, 5.41) is 0.828. The van der Waals surface area contributed by atoms with Crippen molar-refractivity contribution in [2.24, 2.45) is 0 Å². The maximum Gasteiger partial charge on any atom is 0.167 e. The molecule has 2 rings (SSSR count). The molecule has 106 valence electrons. The summed E-state index contributed by atoms with van der Waals surface area (Å²) in [5.74, 6) is -0.132. The average Bonchev–Trinajstić information content (AvgIpc) is 2.38. The number of anilines is 1. The Morgan fingerprint density at radius 3 is 2.20 bits per heavy atom. The smallest absolute Gasteiger partial charge is 0.167 e. The van der Waals surface area contributed by atoms with Crippen molar-refractivity contribution < 1.29 is 13.9 Å². The Morgan fingerprint density at radius 1 is 0.900 bits per heavy atom. The van der Waals surface area contributed by atoms with E-state index in [1.54, 1.807) is 0 Å². The molecule has 20 heavy (non-hydrogen) atoms. The summed E-state index contributed by atoms with van der Waals surface area (Å²) in [6, 6.07) is 5.31. The predicted octanol–water partition coefficient (Wildman–Crippen LogP) is 5.17. The molecule has 0 radical (unpaired) electrons. The highest BCUT2D eigenvalue weighted by Gasteiger charge is 2.13. The molecule has 0 aliphatic heterocycles. The number of methoxy groups -OCH3 is 1. The van der Waals surface area contributed by atoms with Gasteiger partial charge in [-0.25, -0.2) is 4.39 Å². The highest BCUT2D eigenvalue weighted by atomic mass is 35.5. The first-order chi connectivity index (χ1) is 9.42. The molecule has 0 amide bonds. The fourth-order valence-corrected chi connectivity index (χ4v) is 2.07. The molecule has 0 fully saturated rings. The SMILES string of the molecule is COc1cc(Oc2cc(Cl)c(Cl)cc2Cl)c(N)cc1F. The Morgan fingerprint density at radius 2 is 1.55 bits per heavy atom. The second kappa shape index (κ2) is 5.95. The highest BCUT2D eigenvalue weighted by molar-refractivity contribution is 6.43. The summed E-state index contributed by atoms with van der Waals surface area (Å²) in [6.07, 6.45) is 0. The first-order valence-corrected chi connectivity index (χ1v) is 6.51. The van der Waals surface area contributed by atoms with E-state index in [1.165, 1.54) is 25.3 Å². The van der Waals surface area contributed by atoms with E-state index in [4.69, 9.17) is 50.0 Å². The number of benzene rings is 2. The topological polar surface area (TPSA) is 44.5 Å². The van der Waals surface area contributed by atoms with E-state index < -0.39 is 5.82 Å². The van der Waals surface area contributed by atoms with Crippen molar-refractivity contribution in [2.75, 3.05) is 12.8 Å². The van der Waals surface area contributed by atoms with E-state index in [2.05, 4.69) is 0 Å². The molecule has 0 unspecified atom stereocenters. The minimum Gasteiger partial charge on any atom is -0.494 e. The molecule has 0 saturated carbocycles. The lowest BCUT2D eigenvalue weighted by Crippen LogP contribution is -1.96. The van der Waals surface area contributed by atoms with Crippen molar-refractivity contribution in [1.29, 1.82) is 0 Å². The third-order valence-corrected chi connectivity index (χ3v) is 3.50. The number of hydrogen-bond acceptors (Lipinski definition) is 3. The summed E-state index contributed by atoms with van der Waals surface area (Å²) >= 11 is 17.7. The van der Waals surface area contributed by atoms with Crippen molar-refractivity contribution >= 4 is 40.5 Å². The first kappa shape index (κ1) is 15.0. The summed E-state index contributed by atoms with van der Waals surface area (Å²) < 4.78 is 23.8. The molecule has 2 aromatic rings. The molecule has 0 spiro atoms. The maximum atomic E-state index is 13.4. The van der Waals surface area contributed by atoms with Gasteiger partial charge in [0, 0.05) is 18.2 Å². The molecule has 0 aromatic heterocycles. The lowest BCUT2D eigenvalue weighted by molar-refractivity contribution is 0.382. The summed E-state index contributed by atoms with van der Waals surface area (Å²) in [5.41, 5.74) is 5.79. The Hall–Kier alpha value is -1.36. The van der Waals surface area contributed by atoms with Gasteiger partial charge < -0.3 is 15.2 Å². The van der Waals surface area contributed by atoms with Gasteiger partial charge in [0.15, 0.2) is 17.3 Å². The zero-order valence-corrected chi connectivity index (χ0v) is 12.5. The minimum absolute atomic E-state index is 0.00498. The summed E-state index contributed by atoms with van der Waals surface area (Å²) in [7, 11) is 1.34. The molecule has 3 nitrogen and oxygen atoms in total. The Balaban J connectivity index is 2.42. The Kier molecular flexibility index (Phi) is 4.48. The fourth-order valence-electron chi connectivity index (χ4n) is 1.50. The molecular weight excluding hydrogens is 328 g/mol. The standard InChI is InChI=1S/C13H9Cl3FNO2/c1-19-12-5-13(10(18)4-9(12)17)20-11-3-7(15)6(14)2-8(11)16/h2-5H,18H2,1H3. The summed E-state index contributed by atoms with van der Waals surface area (Å²) in [6.45, 7) is 0. The molecule has 0 heterocycles. The van der Waals surface area contributed by atoms with E-state index in [0.717, 1.165) is 6.07 Å². The van der Waals surface area contributed by atoms with Crippen LogP contribution in [0.15, 0.2) is 24.3 Å². The Bertz CT molecular complexity index is 665. The van der Waals surface area contributed by atoms with Gasteiger partial charge in [-0.05, 0) is 6.07 Å². The van der Waals surface area contributed by atoms with Crippen LogP contribution in [0.4, 0.5) is 10.1 Å². The minimum atomic E-state index is -0.586. The quantitative estimate of drug-likeness (QED) is 0.621. The van der Waals surface area contributed by atoms with E-state index in [-0.39, 0.29) is 33.0 Å². The average molecular weight is 337 g/mol. The van der Waals surface area contributed by atoms with Gasteiger partial charge in [-0.3, -0.25) is 0 Å². The van der Waals surface area contributed by atoms with Crippen molar-refractivity contribution in [1.82, 2.24) is 0 Å². The number of rotatable bonds is 3. The van der Waals surface area contributed by atoms with Crippen LogP contribution in [0.1, 0.15) is 0 Å². The van der Waals surface area contributed by atoms with Crippen LogP contribution in [0.5, 0.6) is 17.2 Å². The van der Waals surface area contributed by atoms with E-state index in [9.17, 15) is 4.39 Å². The van der Waals surface area contributed by atoms with E-state index >= 15 is 0 Å².